The molecule has 0 atom stereocenters. The van der Waals surface area contributed by atoms with Crippen molar-refractivity contribution < 1.29 is 8.42 Å². The van der Waals surface area contributed by atoms with E-state index < -0.39 is 10.2 Å². The highest BCUT2D eigenvalue weighted by Gasteiger charge is 2.26. The number of aromatic nitrogens is 1. The Kier molecular flexibility index (Phi) is 2.01. The summed E-state index contributed by atoms with van der Waals surface area (Å²) in [5.74, 6) is 0.535. The topological polar surface area (TPSA) is 85.1 Å². The van der Waals surface area contributed by atoms with Gasteiger partial charge in [0.1, 0.15) is 0 Å². The third-order valence-electron chi connectivity index (χ3n) is 1.75. The molecule has 3 N–H and O–H groups in total. The predicted molar refractivity (Wildman–Crippen MR) is 50.8 cm³/mol. The van der Waals surface area contributed by atoms with E-state index in [9.17, 15) is 8.42 Å². The molecule has 1 saturated carbocycles. The van der Waals surface area contributed by atoms with Gasteiger partial charge in [-0.3, -0.25) is 0 Å². The minimum absolute atomic E-state index is 0.351. The fraction of sp³-hybridized carbons (Fsp3) is 0.500. The SMILES string of the molecule is NS(=O)(=O)Nc1nc(C2CC2)cs1. The number of nitrogens with two attached hydrogens (primary N) is 1. The summed E-state index contributed by atoms with van der Waals surface area (Å²) in [6, 6.07) is 0. The van der Waals surface area contributed by atoms with E-state index in [0.717, 1.165) is 18.5 Å². The van der Waals surface area contributed by atoms with Crippen molar-refractivity contribution in [3.05, 3.63) is 11.1 Å². The van der Waals surface area contributed by atoms with E-state index in [1.807, 2.05) is 5.38 Å². The number of hydrogen-bond acceptors (Lipinski definition) is 4. The van der Waals surface area contributed by atoms with E-state index in [-0.39, 0.29) is 0 Å². The average Bonchev–Trinajstić information content (AvgIpc) is 2.72. The van der Waals surface area contributed by atoms with Crippen LogP contribution in [0, 0.1) is 0 Å². The van der Waals surface area contributed by atoms with E-state index in [0.29, 0.717) is 11.0 Å². The van der Waals surface area contributed by atoms with Crippen LogP contribution in [0.3, 0.4) is 0 Å². The zero-order valence-corrected chi connectivity index (χ0v) is 8.36. The lowest BCUT2D eigenvalue weighted by Gasteiger charge is -1.95. The lowest BCUT2D eigenvalue weighted by molar-refractivity contribution is 0.603. The van der Waals surface area contributed by atoms with Crippen LogP contribution in [0.5, 0.6) is 0 Å². The van der Waals surface area contributed by atoms with Gasteiger partial charge < -0.3 is 0 Å². The summed E-state index contributed by atoms with van der Waals surface area (Å²) in [6.07, 6.45) is 2.30. The molecule has 1 aromatic rings. The fourth-order valence-electron chi connectivity index (χ4n) is 1.02. The second-order valence-electron chi connectivity index (χ2n) is 3.00. The van der Waals surface area contributed by atoms with E-state index >= 15 is 0 Å². The Balaban J connectivity index is 2.13. The molecule has 0 aromatic carbocycles. The van der Waals surface area contributed by atoms with Crippen molar-refractivity contribution in [3.63, 3.8) is 0 Å². The molecule has 1 fully saturated rings. The van der Waals surface area contributed by atoms with Gasteiger partial charge in [-0.15, -0.1) is 11.3 Å². The second kappa shape index (κ2) is 2.93. The van der Waals surface area contributed by atoms with Gasteiger partial charge in [-0.25, -0.2) is 14.8 Å². The molecule has 0 spiro atoms. The first kappa shape index (κ1) is 8.92. The number of hydrogen-bond donors (Lipinski definition) is 2. The first-order valence-electron chi connectivity index (χ1n) is 3.80. The normalized spacial score (nSPS) is 17.3. The first-order valence-corrected chi connectivity index (χ1v) is 6.23. The van der Waals surface area contributed by atoms with Crippen molar-refractivity contribution in [2.24, 2.45) is 5.14 Å². The highest BCUT2D eigenvalue weighted by molar-refractivity contribution is 7.90. The maximum atomic E-state index is 10.6. The summed E-state index contributed by atoms with van der Waals surface area (Å²) in [5.41, 5.74) is 0.969. The highest BCUT2D eigenvalue weighted by atomic mass is 32.2. The van der Waals surface area contributed by atoms with Crippen molar-refractivity contribution >= 4 is 26.7 Å². The molecule has 1 heterocycles. The molecule has 0 radical (unpaired) electrons. The van der Waals surface area contributed by atoms with E-state index in [1.165, 1.54) is 11.3 Å². The summed E-state index contributed by atoms with van der Waals surface area (Å²) in [4.78, 5) is 4.11. The molecule has 1 aromatic heterocycles. The summed E-state index contributed by atoms with van der Waals surface area (Å²) >= 11 is 1.26. The van der Waals surface area contributed by atoms with Crippen LogP contribution in [-0.2, 0) is 10.2 Å². The molecule has 0 bridgehead atoms. The number of thiazole rings is 1. The van der Waals surface area contributed by atoms with Gasteiger partial charge in [0.2, 0.25) is 0 Å². The van der Waals surface area contributed by atoms with Crippen LogP contribution in [0.2, 0.25) is 0 Å². The fourth-order valence-corrected chi connectivity index (χ4v) is 2.49. The van der Waals surface area contributed by atoms with Gasteiger partial charge in [0.05, 0.1) is 5.69 Å². The Labute approximate surface area is 80.2 Å². The van der Waals surface area contributed by atoms with Gasteiger partial charge >= 0.3 is 0 Å². The Bertz CT molecular complexity index is 407. The minimum atomic E-state index is -3.67. The van der Waals surface area contributed by atoms with E-state index in [1.54, 1.807) is 0 Å². The number of nitrogens with zero attached hydrogens (tertiary/aromatic N) is 1. The zero-order chi connectivity index (χ0) is 9.47. The molecule has 0 aliphatic heterocycles. The van der Waals surface area contributed by atoms with Gasteiger partial charge in [-0.1, -0.05) is 0 Å². The average molecular weight is 219 g/mol. The van der Waals surface area contributed by atoms with Crippen LogP contribution in [-0.4, -0.2) is 13.4 Å². The largest absolute Gasteiger partial charge is 0.298 e. The van der Waals surface area contributed by atoms with Gasteiger partial charge in [0, 0.05) is 11.3 Å². The van der Waals surface area contributed by atoms with Crippen LogP contribution >= 0.6 is 11.3 Å². The van der Waals surface area contributed by atoms with Crippen molar-refractivity contribution in [3.8, 4) is 0 Å². The highest BCUT2D eigenvalue weighted by Crippen LogP contribution is 2.40. The zero-order valence-electron chi connectivity index (χ0n) is 6.73. The summed E-state index contributed by atoms with van der Waals surface area (Å²) < 4.78 is 23.4. The van der Waals surface area contributed by atoms with Gasteiger partial charge in [0.15, 0.2) is 5.13 Å². The molecule has 0 unspecified atom stereocenters. The molecule has 5 nitrogen and oxygen atoms in total. The third kappa shape index (κ3) is 2.39. The van der Waals surface area contributed by atoms with Crippen LogP contribution in [0.4, 0.5) is 5.13 Å². The molecular formula is C6H9N3O2S2. The standard InChI is InChI=1S/C6H9N3O2S2/c7-13(10,11)9-6-8-5(3-12-6)4-1-2-4/h3-4H,1-2H2,(H,8,9)(H2,7,10,11). The summed E-state index contributed by atoms with van der Waals surface area (Å²) in [5, 5.41) is 7.01. The molecule has 0 amide bonds. The first-order chi connectivity index (χ1) is 6.04. The maximum absolute atomic E-state index is 10.6. The summed E-state index contributed by atoms with van der Waals surface area (Å²) in [7, 11) is -3.67. The van der Waals surface area contributed by atoms with Crippen LogP contribution in [0.25, 0.3) is 0 Å². The van der Waals surface area contributed by atoms with Gasteiger partial charge in [-0.2, -0.15) is 8.42 Å². The Morgan fingerprint density at radius 3 is 2.85 bits per heavy atom. The maximum Gasteiger partial charge on any atom is 0.298 e. The van der Waals surface area contributed by atoms with Gasteiger partial charge in [-0.05, 0) is 12.8 Å². The molecule has 13 heavy (non-hydrogen) atoms. The lowest BCUT2D eigenvalue weighted by atomic mass is 10.3. The Hall–Kier alpha value is -0.660. The Morgan fingerprint density at radius 1 is 1.62 bits per heavy atom. The predicted octanol–water partition coefficient (Wildman–Crippen LogP) is 0.636. The van der Waals surface area contributed by atoms with Gasteiger partial charge in [0.25, 0.3) is 10.2 Å². The number of anilines is 1. The number of nitrogens with one attached hydrogen (secondary N) is 1. The van der Waals surface area contributed by atoms with Crippen molar-refractivity contribution in [1.29, 1.82) is 0 Å². The number of rotatable bonds is 3. The Morgan fingerprint density at radius 2 is 2.31 bits per heavy atom. The molecular weight excluding hydrogens is 210 g/mol. The summed E-state index contributed by atoms with van der Waals surface area (Å²) in [6.45, 7) is 0. The van der Waals surface area contributed by atoms with Crippen LogP contribution in [0.1, 0.15) is 24.5 Å². The second-order valence-corrected chi connectivity index (χ2v) is 5.15. The van der Waals surface area contributed by atoms with Crippen molar-refractivity contribution in [2.45, 2.75) is 18.8 Å². The minimum Gasteiger partial charge on any atom is -0.246 e. The lowest BCUT2D eigenvalue weighted by Crippen LogP contribution is -2.21. The molecule has 0 saturated heterocycles. The quantitative estimate of drug-likeness (QED) is 0.782. The molecule has 72 valence electrons. The van der Waals surface area contributed by atoms with Crippen LogP contribution < -0.4 is 9.86 Å². The van der Waals surface area contributed by atoms with Crippen molar-refractivity contribution in [1.82, 2.24) is 4.98 Å². The molecule has 1 aliphatic carbocycles. The van der Waals surface area contributed by atoms with E-state index in [2.05, 4.69) is 9.71 Å². The third-order valence-corrected chi connectivity index (χ3v) is 3.13. The monoisotopic (exact) mass is 219 g/mol. The molecule has 1 aliphatic rings. The van der Waals surface area contributed by atoms with Crippen LogP contribution in [0.15, 0.2) is 5.38 Å². The smallest absolute Gasteiger partial charge is 0.246 e. The molecule has 2 rings (SSSR count). The van der Waals surface area contributed by atoms with Crippen molar-refractivity contribution in [2.75, 3.05) is 4.72 Å². The van der Waals surface area contributed by atoms with E-state index in [4.69, 9.17) is 5.14 Å². The molecule has 7 heteroatoms.